The van der Waals surface area contributed by atoms with Crippen molar-refractivity contribution < 1.29 is 147 Å². The number of alkyl halides is 1. The third-order valence-corrected chi connectivity index (χ3v) is 11.7. The molecule has 0 unspecified atom stereocenters. The fourth-order valence-electron chi connectivity index (χ4n) is 6.89. The van der Waals surface area contributed by atoms with Crippen LogP contribution in [0.5, 0.6) is 0 Å². The van der Waals surface area contributed by atoms with Crippen LogP contribution in [0.2, 0.25) is 0 Å². The molecule has 0 atom stereocenters. The number of fused-ring (bicyclic) bond motifs is 2. The molecule has 0 amide bonds. The number of ether oxygens (including phenoxy) is 2. The molecule has 65 heavy (non-hydrogen) atoms. The first-order chi connectivity index (χ1) is 30.8. The number of benzene rings is 4. The minimum Gasteiger partial charge on any atom is -1.00 e. The molecule has 0 saturated heterocycles. The molecule has 8 aromatic rings. The first kappa shape index (κ1) is 52.3. The molecule has 1 N–H and O–H groups in total. The number of nitrogens with zero attached hydrogens (tertiary/aromatic N) is 5. The molecule has 0 radical (unpaired) electrons. The average molecular weight is 996 g/mol. The van der Waals surface area contributed by atoms with Gasteiger partial charge in [-0.15, -0.1) is 0 Å². The van der Waals surface area contributed by atoms with Gasteiger partial charge in [0.15, 0.2) is 11.4 Å². The van der Waals surface area contributed by atoms with Gasteiger partial charge in [0.2, 0.25) is 11.8 Å². The summed E-state index contributed by atoms with van der Waals surface area (Å²) in [5, 5.41) is 9.66. The van der Waals surface area contributed by atoms with Gasteiger partial charge in [-0.1, -0.05) is 77.3 Å². The molecule has 0 bridgehead atoms. The van der Waals surface area contributed by atoms with Crippen LogP contribution in [-0.2, 0) is 25.7 Å². The maximum Gasteiger partial charge on any atom is 1.00 e. The molecule has 2 fully saturated rings. The van der Waals surface area contributed by atoms with Crippen LogP contribution in [0.25, 0.3) is 67.8 Å². The van der Waals surface area contributed by atoms with Gasteiger partial charge in [0.1, 0.15) is 24.2 Å². The summed E-state index contributed by atoms with van der Waals surface area (Å²) in [4.78, 5) is 55.3. The molecule has 4 heterocycles. The van der Waals surface area contributed by atoms with Crippen molar-refractivity contribution in [1.82, 2.24) is 29.5 Å². The molecular formula is C47H45BrK2N6O9. The molecule has 10 rings (SSSR count). The number of hydrogen-bond acceptors (Lipinski definition) is 13. The van der Waals surface area contributed by atoms with Crippen molar-refractivity contribution in [2.24, 2.45) is 11.8 Å². The maximum atomic E-state index is 11.6. The number of aromatic nitrogens is 6. The fraction of sp³-hybridized carbons (Fsp3) is 0.255. The Morgan fingerprint density at radius 2 is 1.22 bits per heavy atom. The number of halogens is 1. The minimum atomic E-state index is -0.524. The van der Waals surface area contributed by atoms with Crippen molar-refractivity contribution in [3.8, 4) is 45.7 Å². The van der Waals surface area contributed by atoms with Gasteiger partial charge in [-0.25, -0.2) is 29.5 Å². The summed E-state index contributed by atoms with van der Waals surface area (Å²) in [6, 6.07) is 31.7. The summed E-state index contributed by atoms with van der Waals surface area (Å²) < 4.78 is 22.4. The number of methoxy groups -OCH3 is 2. The van der Waals surface area contributed by atoms with Crippen LogP contribution < -0.4 is 108 Å². The molecule has 2 saturated carbocycles. The summed E-state index contributed by atoms with van der Waals surface area (Å²) >= 11 is 3.43. The SMILES string of the molecule is BrCC1CCC1.COC(=O)c1coc(-c2ccc(-c3nc4ccccc4[nH]3)cc2)n1.COC(=O)c1coc(-c2ccc(-c3nc4ccccc4n3CC3CCC3)cc2)n1.O=CO[O-].[H-].[K+].[K+]. The van der Waals surface area contributed by atoms with E-state index in [9.17, 15) is 9.59 Å². The topological polar surface area (TPSA) is 201 Å². The Morgan fingerprint density at radius 1 is 0.723 bits per heavy atom. The predicted octanol–water partition coefficient (Wildman–Crippen LogP) is 3.35. The molecule has 2 aliphatic carbocycles. The third-order valence-electron chi connectivity index (χ3n) is 10.8. The van der Waals surface area contributed by atoms with Crippen LogP contribution in [-0.4, -0.2) is 67.4 Å². The summed E-state index contributed by atoms with van der Waals surface area (Å²) in [6.45, 7) is 0.819. The summed E-state index contributed by atoms with van der Waals surface area (Å²) in [5.41, 5.74) is 7.98. The molecule has 0 spiro atoms. The van der Waals surface area contributed by atoms with Crippen molar-refractivity contribution in [2.45, 2.75) is 45.1 Å². The van der Waals surface area contributed by atoms with E-state index in [1.165, 1.54) is 76.1 Å². The number of imidazole rings is 2. The monoisotopic (exact) mass is 994 g/mol. The quantitative estimate of drug-likeness (QED) is 0.0523. The van der Waals surface area contributed by atoms with Gasteiger partial charge in [-0.3, -0.25) is 4.79 Å². The van der Waals surface area contributed by atoms with Crippen LogP contribution in [0.15, 0.2) is 118 Å². The Bertz CT molecular complexity index is 2730. The van der Waals surface area contributed by atoms with E-state index in [0.717, 1.165) is 68.8 Å². The number of aromatic amines is 1. The van der Waals surface area contributed by atoms with Gasteiger partial charge in [0.05, 0.1) is 36.3 Å². The molecule has 326 valence electrons. The van der Waals surface area contributed by atoms with Crippen molar-refractivity contribution in [1.29, 1.82) is 0 Å². The van der Waals surface area contributed by atoms with E-state index in [2.05, 4.69) is 73.0 Å². The average Bonchev–Trinajstić information content (AvgIpc) is 4.14. The van der Waals surface area contributed by atoms with Crippen LogP contribution >= 0.6 is 15.9 Å². The zero-order valence-electron chi connectivity index (χ0n) is 37.6. The van der Waals surface area contributed by atoms with Gasteiger partial charge >= 0.3 is 115 Å². The number of para-hydroxylation sites is 4. The molecular weight excluding hydrogens is 951 g/mol. The standard InChI is InChI=1S/C23H21N3O3.C18H13N3O3.C5H9Br.CH2O3.2K.H/c1-28-23(27)19-14-29-22(25-19)17-11-9-16(10-12-17)21-24-18-7-2-3-8-20(18)26(21)13-15-5-4-6-15;1-23-18(22)15-10-24-17(21-15)12-8-6-11(7-9-12)16-19-13-4-2-3-5-14(13)20-16;6-4-5-2-1-3-5;2-1-4-3;;;/h2-3,7-12,14-15H,4-6,13H2,1H3;2-10H,1H3,(H,19,20);5H,1-4H2;1,3H;;;/q;;;;2*+1;-1/p-1. The summed E-state index contributed by atoms with van der Waals surface area (Å²) in [5.74, 6) is 3.26. The number of H-pyrrole nitrogens is 1. The molecule has 2 aliphatic rings. The van der Waals surface area contributed by atoms with Gasteiger partial charge in [0, 0.05) is 34.1 Å². The molecule has 4 aromatic carbocycles. The van der Waals surface area contributed by atoms with Crippen LogP contribution in [0.1, 0.15) is 60.9 Å². The second-order valence-corrected chi connectivity index (χ2v) is 15.4. The number of carbonyl (C=O) groups excluding carboxylic acids is 3. The van der Waals surface area contributed by atoms with E-state index in [1.807, 2.05) is 78.9 Å². The van der Waals surface area contributed by atoms with E-state index in [0.29, 0.717) is 11.8 Å². The first-order valence-electron chi connectivity index (χ1n) is 20.3. The largest absolute Gasteiger partial charge is 1.00 e. The Balaban J connectivity index is 0.000000232. The number of rotatable bonds is 10. The number of carbonyl (C=O) groups is 3. The molecule has 18 heteroatoms. The second-order valence-electron chi connectivity index (χ2n) is 14.8. The van der Waals surface area contributed by atoms with Gasteiger partial charge in [-0.05, 0) is 86.1 Å². The van der Waals surface area contributed by atoms with Crippen LogP contribution in [0.3, 0.4) is 0 Å². The second kappa shape index (κ2) is 26.1. The van der Waals surface area contributed by atoms with E-state index in [-0.39, 0.29) is 122 Å². The zero-order valence-corrected chi connectivity index (χ0v) is 44.4. The van der Waals surface area contributed by atoms with Crippen LogP contribution in [0, 0.1) is 11.8 Å². The third kappa shape index (κ3) is 13.5. The normalized spacial score (nSPS) is 12.8. The maximum absolute atomic E-state index is 11.6. The predicted molar refractivity (Wildman–Crippen MR) is 237 cm³/mol. The van der Waals surface area contributed by atoms with Crippen LogP contribution in [0.4, 0.5) is 0 Å². The number of oxazole rings is 2. The van der Waals surface area contributed by atoms with Gasteiger partial charge < -0.3 is 39.4 Å². The van der Waals surface area contributed by atoms with E-state index in [4.69, 9.17) is 23.9 Å². The Morgan fingerprint density at radius 3 is 1.68 bits per heavy atom. The number of nitrogens with one attached hydrogen (secondary N) is 1. The zero-order chi connectivity index (χ0) is 44.1. The number of esters is 2. The fourth-order valence-corrected chi connectivity index (χ4v) is 7.54. The number of hydrogen-bond donors (Lipinski definition) is 1. The van der Waals surface area contributed by atoms with Crippen molar-refractivity contribution in [2.75, 3.05) is 19.5 Å². The molecule has 4 aromatic heterocycles. The van der Waals surface area contributed by atoms with E-state index in [1.54, 1.807) is 0 Å². The van der Waals surface area contributed by atoms with E-state index >= 15 is 0 Å². The van der Waals surface area contributed by atoms with Gasteiger partial charge in [-0.2, -0.15) is 0 Å². The Hall–Kier alpha value is -3.64. The first-order valence-corrected chi connectivity index (χ1v) is 21.4. The molecule has 0 aliphatic heterocycles. The molecule has 15 nitrogen and oxygen atoms in total. The van der Waals surface area contributed by atoms with Crippen molar-refractivity contribution in [3.63, 3.8) is 0 Å². The van der Waals surface area contributed by atoms with E-state index < -0.39 is 11.9 Å². The smallest absolute Gasteiger partial charge is 1.00 e. The Labute approximate surface area is 469 Å². The minimum absolute atomic E-state index is 0. The Kier molecular flexibility index (Phi) is 21.0. The summed E-state index contributed by atoms with van der Waals surface area (Å²) in [7, 11) is 2.62. The summed E-state index contributed by atoms with van der Waals surface area (Å²) in [6.07, 6.45) is 10.9. The van der Waals surface area contributed by atoms with Crippen molar-refractivity contribution in [3.05, 3.63) is 121 Å². The van der Waals surface area contributed by atoms with Crippen molar-refractivity contribution >= 4 is 56.4 Å². The van der Waals surface area contributed by atoms with Gasteiger partial charge in [0.25, 0.3) is 6.47 Å².